The molecule has 0 aromatic heterocycles. The molecule has 0 fully saturated rings. The van der Waals surface area contributed by atoms with E-state index >= 15 is 0 Å². The van der Waals surface area contributed by atoms with Gasteiger partial charge in [0.05, 0.1) is 7.11 Å². The lowest BCUT2D eigenvalue weighted by Crippen LogP contribution is -1.99. The van der Waals surface area contributed by atoms with Gasteiger partial charge >= 0.3 is 5.97 Å². The molecule has 1 atom stereocenters. The molecule has 0 spiro atoms. The molecule has 0 saturated heterocycles. The Morgan fingerprint density at radius 3 is 1.79 bits per heavy atom. The van der Waals surface area contributed by atoms with Gasteiger partial charge in [0.25, 0.3) is 0 Å². The summed E-state index contributed by atoms with van der Waals surface area (Å²) in [6.07, 6.45) is 15.1. The highest BCUT2D eigenvalue weighted by Gasteiger charge is 1.99. The Balaban J connectivity index is 3.17. The zero-order chi connectivity index (χ0) is 15.1. The summed E-state index contributed by atoms with van der Waals surface area (Å²) in [7, 11) is 1.41. The highest BCUT2D eigenvalue weighted by Crippen LogP contribution is 2.12. The van der Waals surface area contributed by atoms with Crippen LogP contribution < -0.4 is 0 Å². The quantitative estimate of drug-likeness (QED) is 0.302. The molecule has 0 aliphatic rings. The first-order chi connectivity index (χ1) is 9.70. The fourth-order valence-corrected chi connectivity index (χ4v) is 2.24. The second kappa shape index (κ2) is 15.5. The molecule has 0 unspecified atom stereocenters. The summed E-state index contributed by atoms with van der Waals surface area (Å²) in [5, 5.41) is 0. The predicted molar refractivity (Wildman–Crippen MR) is 82.3 cm³/mol. The number of esters is 1. The summed E-state index contributed by atoms with van der Waals surface area (Å²) in [5.41, 5.74) is 0. The lowest BCUT2D eigenvalue weighted by molar-refractivity contribution is -0.140. The summed E-state index contributed by atoms with van der Waals surface area (Å²) in [6.45, 7) is 2.25. The van der Waals surface area contributed by atoms with Crippen LogP contribution in [0.25, 0.3) is 0 Å². The third-order valence-electron chi connectivity index (χ3n) is 3.54. The minimum absolute atomic E-state index is 0.0943. The van der Waals surface area contributed by atoms with Crippen molar-refractivity contribution in [3.63, 3.8) is 0 Å². The maximum atomic E-state index is 11.0. The topological polar surface area (TPSA) is 26.3 Å². The molecule has 0 heterocycles. The molecule has 0 radical (unpaired) electrons. The molecule has 0 aliphatic heterocycles. The summed E-state index contributed by atoms with van der Waals surface area (Å²) in [5.74, 6) is -0.190. The van der Waals surface area contributed by atoms with Gasteiger partial charge in [-0.3, -0.25) is 4.79 Å². The lowest BCUT2D eigenvalue weighted by atomic mass is 10.0. The highest BCUT2D eigenvalue weighted by atomic mass is 16.5. The Kier molecular flexibility index (Phi) is 13.5. The van der Waals surface area contributed by atoms with Gasteiger partial charge in [-0.15, -0.1) is 0 Å². The van der Waals surface area contributed by atoms with Gasteiger partial charge in [-0.05, 0) is 6.42 Å². The molecule has 0 aromatic rings. The zero-order valence-corrected chi connectivity index (χ0v) is 13.1. The number of ether oxygens (including phenoxy) is 1. The molecule has 0 aliphatic carbocycles. The van der Waals surface area contributed by atoms with Gasteiger partial charge in [-0.25, -0.2) is 0 Å². The Hall–Kier alpha value is -0.530. The average Bonchev–Trinajstić information content (AvgIpc) is 2.46. The Labute approximate surface area is 121 Å². The molecule has 2 nitrogen and oxygen atoms in total. The number of rotatable bonds is 14. The van der Waals surface area contributed by atoms with Gasteiger partial charge in [0.2, 0.25) is 0 Å². The number of unbranched alkanes of at least 4 members (excludes halogenated alkanes) is 9. The van der Waals surface area contributed by atoms with E-state index in [0.717, 1.165) is 12.8 Å². The fraction of sp³-hybridized carbons (Fsp3) is 0.941. The zero-order valence-electron chi connectivity index (χ0n) is 14.1. The number of methoxy groups -OCH3 is 1. The van der Waals surface area contributed by atoms with Crippen molar-refractivity contribution < 1.29 is 10.9 Å². The summed E-state index contributed by atoms with van der Waals surface area (Å²) in [4.78, 5) is 11.0. The van der Waals surface area contributed by atoms with E-state index in [1.165, 1.54) is 64.9 Å². The van der Waals surface area contributed by atoms with Crippen molar-refractivity contribution >= 4 is 5.97 Å². The van der Waals surface area contributed by atoms with Crippen molar-refractivity contribution in [2.24, 2.45) is 0 Å². The van der Waals surface area contributed by atoms with Crippen molar-refractivity contribution in [3.05, 3.63) is 0 Å². The smallest absolute Gasteiger partial charge is 0.305 e. The van der Waals surface area contributed by atoms with E-state index < -0.39 is 0 Å². The van der Waals surface area contributed by atoms with Crippen LogP contribution in [-0.4, -0.2) is 13.1 Å². The predicted octanol–water partition coefficient (Wildman–Crippen LogP) is 5.64. The van der Waals surface area contributed by atoms with E-state index in [-0.39, 0.29) is 12.4 Å². The van der Waals surface area contributed by atoms with Gasteiger partial charge in [-0.1, -0.05) is 83.9 Å². The Morgan fingerprint density at radius 1 is 0.842 bits per heavy atom. The van der Waals surface area contributed by atoms with Crippen LogP contribution >= 0.6 is 0 Å². The van der Waals surface area contributed by atoms with E-state index in [4.69, 9.17) is 1.37 Å². The Bertz CT molecular complexity index is 219. The summed E-state index contributed by atoms with van der Waals surface area (Å²) >= 11 is 0. The second-order valence-corrected chi connectivity index (χ2v) is 5.37. The van der Waals surface area contributed by atoms with Crippen LogP contribution in [0.5, 0.6) is 0 Å². The highest BCUT2D eigenvalue weighted by molar-refractivity contribution is 5.68. The first-order valence-electron chi connectivity index (χ1n) is 8.77. The van der Waals surface area contributed by atoms with Crippen molar-refractivity contribution in [2.45, 2.75) is 96.8 Å². The largest absolute Gasteiger partial charge is 0.469 e. The second-order valence-electron chi connectivity index (χ2n) is 5.37. The molecule has 2 heteroatoms. The van der Waals surface area contributed by atoms with Gasteiger partial charge in [0.15, 0.2) is 0 Å². The van der Waals surface area contributed by atoms with Gasteiger partial charge in [-0.2, -0.15) is 0 Å². The number of hydrogen-bond donors (Lipinski definition) is 0. The maximum absolute atomic E-state index is 11.0. The van der Waals surface area contributed by atoms with Crippen molar-refractivity contribution in [2.75, 3.05) is 7.11 Å². The molecular weight excluding hydrogens is 236 g/mol. The molecular formula is C17H34O2. The van der Waals surface area contributed by atoms with E-state index in [1.54, 1.807) is 0 Å². The molecule has 0 rings (SSSR count). The average molecular weight is 271 g/mol. The van der Waals surface area contributed by atoms with Gasteiger partial charge in [0.1, 0.15) is 0 Å². The third kappa shape index (κ3) is 15.4. The first-order valence-corrected chi connectivity index (χ1v) is 8.19. The monoisotopic (exact) mass is 271 g/mol. The maximum Gasteiger partial charge on any atom is 0.305 e. The van der Waals surface area contributed by atoms with E-state index in [1.807, 2.05) is 0 Å². The van der Waals surface area contributed by atoms with Crippen LogP contribution in [0.3, 0.4) is 0 Å². The number of hydrogen-bond acceptors (Lipinski definition) is 2. The van der Waals surface area contributed by atoms with Crippen molar-refractivity contribution in [3.8, 4) is 0 Å². The van der Waals surface area contributed by atoms with Crippen LogP contribution in [0, 0.1) is 0 Å². The minimum atomic E-state index is -0.190. The minimum Gasteiger partial charge on any atom is -0.469 e. The first kappa shape index (κ1) is 16.5. The molecule has 0 saturated carbocycles. The molecule has 0 amide bonds. The molecule has 114 valence electrons. The van der Waals surface area contributed by atoms with Crippen molar-refractivity contribution in [1.29, 1.82) is 0 Å². The van der Waals surface area contributed by atoms with Crippen LogP contribution in [0.2, 0.25) is 0 Å². The van der Waals surface area contributed by atoms with Crippen LogP contribution in [0.4, 0.5) is 0 Å². The van der Waals surface area contributed by atoms with Crippen LogP contribution in [0.15, 0.2) is 0 Å². The Morgan fingerprint density at radius 2 is 1.32 bits per heavy atom. The number of carbonyl (C=O) groups excluding carboxylic acids is 1. The van der Waals surface area contributed by atoms with Gasteiger partial charge in [0, 0.05) is 7.79 Å². The summed E-state index contributed by atoms with van der Waals surface area (Å²) in [6, 6.07) is 0. The molecule has 0 bridgehead atoms. The van der Waals surface area contributed by atoms with Crippen molar-refractivity contribution in [1.82, 2.24) is 0 Å². The van der Waals surface area contributed by atoms with Crippen LogP contribution in [-0.2, 0) is 9.53 Å². The van der Waals surface area contributed by atoms with E-state index in [2.05, 4.69) is 11.7 Å². The van der Waals surface area contributed by atoms with Crippen LogP contribution in [0.1, 0.15) is 98.2 Å². The fourth-order valence-electron chi connectivity index (χ4n) is 2.24. The molecule has 19 heavy (non-hydrogen) atoms. The lowest BCUT2D eigenvalue weighted by Gasteiger charge is -2.03. The molecule has 0 aromatic carbocycles. The SMILES string of the molecule is [2H][C@@H](CCCCCCCCCCCC)CCC(=O)OC. The van der Waals surface area contributed by atoms with E-state index in [0.29, 0.717) is 12.8 Å². The normalized spacial score (nSPS) is 13.1. The standard InChI is InChI=1S/C17H34O2/c1-3-4-5-6-7-8-9-10-11-12-13-14-15-16-17(18)19-2/h3-16H2,1-2H3/i14D/t14-/m0/s1. The number of carbonyl (C=O) groups is 1. The third-order valence-corrected chi connectivity index (χ3v) is 3.54. The molecule has 0 N–H and O–H groups in total. The summed E-state index contributed by atoms with van der Waals surface area (Å²) < 4.78 is 12.4. The van der Waals surface area contributed by atoms with E-state index in [9.17, 15) is 4.79 Å². The van der Waals surface area contributed by atoms with Gasteiger partial charge < -0.3 is 4.74 Å².